The average molecular weight is 488 g/mol. The molecule has 0 saturated carbocycles. The van der Waals surface area contributed by atoms with Crippen LogP contribution in [0.5, 0.6) is 0 Å². The summed E-state index contributed by atoms with van der Waals surface area (Å²) in [5.41, 5.74) is 0.477. The zero-order chi connectivity index (χ0) is 24.3. The first-order valence-corrected chi connectivity index (χ1v) is 12.0. The summed E-state index contributed by atoms with van der Waals surface area (Å²) in [5, 5.41) is 1.81. The second kappa shape index (κ2) is 8.08. The van der Waals surface area contributed by atoms with Crippen molar-refractivity contribution in [1.29, 1.82) is 0 Å². The summed E-state index contributed by atoms with van der Waals surface area (Å²) in [5.74, 6) is -0.0507. The van der Waals surface area contributed by atoms with E-state index in [-0.39, 0.29) is 40.7 Å². The lowest BCUT2D eigenvalue weighted by Crippen LogP contribution is -2.59. The highest BCUT2D eigenvalue weighted by Gasteiger charge is 2.47. The summed E-state index contributed by atoms with van der Waals surface area (Å²) in [6.07, 6.45) is 5.18. The molecule has 0 saturated heterocycles. The second-order valence-corrected chi connectivity index (χ2v) is 10.3. The number of pyridine rings is 1. The number of amides is 1. The van der Waals surface area contributed by atoms with Crippen LogP contribution in [0.15, 0.2) is 70.5 Å². The predicted molar refractivity (Wildman–Crippen MR) is 125 cm³/mol. The minimum Gasteiger partial charge on any atom is -0.309 e. The Balaban J connectivity index is 1.73. The van der Waals surface area contributed by atoms with Crippen molar-refractivity contribution in [3.63, 3.8) is 0 Å². The maximum absolute atomic E-state index is 13.5. The highest BCUT2D eigenvalue weighted by Crippen LogP contribution is 2.51. The number of rotatable bonds is 2. The fraction of sp³-hybridized carbons (Fsp3) is 0.360. The van der Waals surface area contributed by atoms with E-state index >= 15 is 0 Å². The molecule has 0 radical (unpaired) electrons. The largest absolute Gasteiger partial charge is 0.406 e. The van der Waals surface area contributed by atoms with Gasteiger partial charge in [0, 0.05) is 39.8 Å². The van der Waals surface area contributed by atoms with Crippen LogP contribution in [0.3, 0.4) is 0 Å². The summed E-state index contributed by atoms with van der Waals surface area (Å²) in [4.78, 5) is 27.4. The molecule has 1 aliphatic carbocycles. The number of alkyl halides is 3. The lowest BCUT2D eigenvalue weighted by Gasteiger charge is -2.48. The van der Waals surface area contributed by atoms with Gasteiger partial charge in [0.05, 0.1) is 6.04 Å². The molecule has 0 N–H and O–H groups in total. The lowest BCUT2D eigenvalue weighted by molar-refractivity contribution is -0.142. The van der Waals surface area contributed by atoms with E-state index < -0.39 is 18.6 Å². The number of hydrogen-bond acceptors (Lipinski definition) is 4. The van der Waals surface area contributed by atoms with Crippen molar-refractivity contribution in [1.82, 2.24) is 9.58 Å². The Labute approximate surface area is 199 Å². The number of aromatic nitrogens is 1. The average Bonchev–Trinajstić information content (AvgIpc) is 2.91. The van der Waals surface area contributed by atoms with E-state index in [9.17, 15) is 22.8 Å². The smallest absolute Gasteiger partial charge is 0.309 e. The molecular formula is C25H24F3N3O2S. The fourth-order valence-corrected chi connectivity index (χ4v) is 6.43. The topological polar surface area (TPSA) is 45.6 Å². The van der Waals surface area contributed by atoms with Crippen LogP contribution in [0, 0.1) is 18.3 Å². The van der Waals surface area contributed by atoms with Crippen molar-refractivity contribution in [2.75, 3.05) is 24.0 Å². The molecule has 5 rings (SSSR count). The monoisotopic (exact) mass is 487 g/mol. The Hall–Kier alpha value is -2.94. The molecule has 3 heterocycles. The van der Waals surface area contributed by atoms with E-state index in [1.165, 1.54) is 19.2 Å². The standard InChI is InChI=1S/C25H24F3N3O2S/c1-16-19(32)10-12-30-21(16)23(33)29(13-25(26,27)28)15-31(30)22-17-7-3-4-9-20(17)34-14-24(2)11-6-5-8-18(22)24/h3-12,18,22H,13-15H2,1-2H3. The van der Waals surface area contributed by atoms with Gasteiger partial charge in [-0.1, -0.05) is 49.4 Å². The Bertz CT molecular complexity index is 1270. The quantitative estimate of drug-likeness (QED) is 0.618. The first-order valence-electron chi connectivity index (χ1n) is 11.0. The van der Waals surface area contributed by atoms with Gasteiger partial charge < -0.3 is 4.90 Å². The van der Waals surface area contributed by atoms with Crippen molar-refractivity contribution in [3.05, 3.63) is 87.9 Å². The van der Waals surface area contributed by atoms with Crippen LogP contribution in [0.1, 0.15) is 34.6 Å². The predicted octanol–water partition coefficient (Wildman–Crippen LogP) is 4.67. The molecule has 0 spiro atoms. The highest BCUT2D eigenvalue weighted by atomic mass is 32.2. The molecule has 3 unspecified atom stereocenters. The number of hydrogen-bond donors (Lipinski definition) is 0. The van der Waals surface area contributed by atoms with Gasteiger partial charge in [-0.05, 0) is 18.6 Å². The molecule has 1 amide bonds. The third-order valence-corrected chi connectivity index (χ3v) is 8.33. The van der Waals surface area contributed by atoms with E-state index in [0.29, 0.717) is 0 Å². The van der Waals surface area contributed by atoms with Gasteiger partial charge in [0.25, 0.3) is 5.91 Å². The SMILES string of the molecule is Cc1c2n(ccc1=O)N(C1c3ccccc3SCC3(C)C=CC=CC13)CN(CC(F)(F)F)C2=O. The van der Waals surface area contributed by atoms with E-state index in [2.05, 4.69) is 19.1 Å². The minimum absolute atomic E-state index is 0.0191. The van der Waals surface area contributed by atoms with Gasteiger partial charge in [0.1, 0.15) is 18.9 Å². The van der Waals surface area contributed by atoms with E-state index in [1.807, 2.05) is 41.4 Å². The van der Waals surface area contributed by atoms with Crippen molar-refractivity contribution in [3.8, 4) is 0 Å². The first kappa shape index (κ1) is 22.8. The van der Waals surface area contributed by atoms with Crippen LogP contribution < -0.4 is 10.4 Å². The number of carbonyl (C=O) groups is 1. The lowest BCUT2D eigenvalue weighted by atomic mass is 9.70. The molecule has 0 fully saturated rings. The van der Waals surface area contributed by atoms with Gasteiger partial charge in [0.15, 0.2) is 5.43 Å². The van der Waals surface area contributed by atoms with Crippen LogP contribution >= 0.6 is 11.8 Å². The molecule has 2 aromatic rings. The normalized spacial score (nSPS) is 26.1. The van der Waals surface area contributed by atoms with Gasteiger partial charge in [0.2, 0.25) is 0 Å². The molecule has 3 aliphatic rings. The van der Waals surface area contributed by atoms with Gasteiger partial charge in [-0.2, -0.15) is 13.2 Å². The molecule has 1 aromatic heterocycles. The summed E-state index contributed by atoms with van der Waals surface area (Å²) < 4.78 is 42.0. The molecule has 178 valence electrons. The van der Waals surface area contributed by atoms with Crippen molar-refractivity contribution in [2.45, 2.75) is 31.0 Å². The molecule has 5 nitrogen and oxygen atoms in total. The van der Waals surface area contributed by atoms with Crippen molar-refractivity contribution < 1.29 is 18.0 Å². The third-order valence-electron chi connectivity index (χ3n) is 6.88. The Morgan fingerprint density at radius 1 is 1.15 bits per heavy atom. The van der Waals surface area contributed by atoms with E-state index in [0.717, 1.165) is 21.1 Å². The molecular weight excluding hydrogens is 463 g/mol. The van der Waals surface area contributed by atoms with Crippen molar-refractivity contribution in [2.24, 2.45) is 11.3 Å². The molecule has 0 bridgehead atoms. The van der Waals surface area contributed by atoms with E-state index in [4.69, 9.17) is 0 Å². The fourth-order valence-electron chi connectivity index (χ4n) is 5.15. The Morgan fingerprint density at radius 2 is 1.91 bits per heavy atom. The van der Waals surface area contributed by atoms with Crippen LogP contribution in [-0.4, -0.2) is 40.6 Å². The summed E-state index contributed by atoms with van der Waals surface area (Å²) in [7, 11) is 0. The highest BCUT2D eigenvalue weighted by molar-refractivity contribution is 7.99. The number of nitrogens with zero attached hydrogens (tertiary/aromatic N) is 3. The first-order chi connectivity index (χ1) is 16.1. The molecule has 3 atom stereocenters. The van der Waals surface area contributed by atoms with Gasteiger partial charge >= 0.3 is 6.18 Å². The third kappa shape index (κ3) is 3.76. The van der Waals surface area contributed by atoms with Crippen LogP contribution in [0.25, 0.3) is 0 Å². The Kier molecular flexibility index (Phi) is 5.42. The number of benzene rings is 1. The zero-order valence-corrected chi connectivity index (χ0v) is 19.6. The molecule has 34 heavy (non-hydrogen) atoms. The van der Waals surface area contributed by atoms with E-state index in [1.54, 1.807) is 16.4 Å². The molecule has 2 aliphatic heterocycles. The van der Waals surface area contributed by atoms with Gasteiger partial charge in [-0.15, -0.1) is 11.8 Å². The molecule has 1 aromatic carbocycles. The van der Waals surface area contributed by atoms with Crippen LogP contribution in [-0.2, 0) is 0 Å². The summed E-state index contributed by atoms with van der Waals surface area (Å²) >= 11 is 1.73. The second-order valence-electron chi connectivity index (χ2n) is 9.24. The maximum Gasteiger partial charge on any atom is 0.406 e. The minimum atomic E-state index is -4.56. The summed E-state index contributed by atoms with van der Waals surface area (Å²) in [6.45, 7) is 2.02. The van der Waals surface area contributed by atoms with Gasteiger partial charge in [-0.3, -0.25) is 19.3 Å². The zero-order valence-electron chi connectivity index (χ0n) is 18.7. The Morgan fingerprint density at radius 3 is 2.68 bits per heavy atom. The number of carbonyl (C=O) groups excluding carboxylic acids is 1. The van der Waals surface area contributed by atoms with Crippen molar-refractivity contribution >= 4 is 17.7 Å². The number of fused-ring (bicyclic) bond motifs is 3. The van der Waals surface area contributed by atoms with Crippen LogP contribution in [0.2, 0.25) is 0 Å². The number of halogens is 3. The van der Waals surface area contributed by atoms with Gasteiger partial charge in [-0.25, -0.2) is 0 Å². The maximum atomic E-state index is 13.5. The number of thioether (sulfide) groups is 1. The summed E-state index contributed by atoms with van der Waals surface area (Å²) in [6, 6.07) is 8.92. The number of allylic oxidation sites excluding steroid dienone is 3. The molecule has 9 heteroatoms. The van der Waals surface area contributed by atoms with Crippen LogP contribution in [0.4, 0.5) is 13.2 Å².